The number of fused-ring (bicyclic) bond motifs is 1. The number of benzene rings is 3. The summed E-state index contributed by atoms with van der Waals surface area (Å²) in [5, 5.41) is 9.54. The second kappa shape index (κ2) is 10.3. The normalized spacial score (nSPS) is 12.6. The molecule has 1 aliphatic heterocycles. The van der Waals surface area contributed by atoms with Gasteiger partial charge in [-0.05, 0) is 53.3 Å². The van der Waals surface area contributed by atoms with Crippen LogP contribution >= 0.6 is 0 Å². The van der Waals surface area contributed by atoms with Crippen molar-refractivity contribution in [3.05, 3.63) is 108 Å². The number of ether oxygens (including phenoxy) is 2. The zero-order chi connectivity index (χ0) is 24.0. The Bertz CT molecular complexity index is 1310. The number of carboxylic acid groups (broad SMARTS) is 1. The van der Waals surface area contributed by atoms with Gasteiger partial charge in [0.05, 0.1) is 5.69 Å². The number of carbonyl (C=O) groups is 1. The van der Waals surface area contributed by atoms with Crippen molar-refractivity contribution in [3.63, 3.8) is 0 Å². The molecule has 35 heavy (non-hydrogen) atoms. The Morgan fingerprint density at radius 1 is 0.857 bits per heavy atom. The monoisotopic (exact) mass is 466 g/mol. The van der Waals surface area contributed by atoms with Crippen LogP contribution in [0.15, 0.2) is 91.0 Å². The molecule has 6 nitrogen and oxygen atoms in total. The van der Waals surface area contributed by atoms with Crippen LogP contribution in [-0.2, 0) is 19.6 Å². The summed E-state index contributed by atoms with van der Waals surface area (Å²) in [6.07, 6.45) is 0.705. The van der Waals surface area contributed by atoms with E-state index < -0.39 is 6.09 Å². The molecular weight excluding hydrogens is 440 g/mol. The average molecular weight is 467 g/mol. The van der Waals surface area contributed by atoms with Gasteiger partial charge in [-0.25, -0.2) is 4.79 Å². The Morgan fingerprint density at radius 3 is 2.23 bits per heavy atom. The van der Waals surface area contributed by atoms with Crippen LogP contribution in [-0.4, -0.2) is 22.7 Å². The molecule has 0 bridgehead atoms. The molecule has 0 radical (unpaired) electrons. The van der Waals surface area contributed by atoms with Gasteiger partial charge in [0.15, 0.2) is 0 Å². The number of rotatable bonds is 7. The van der Waals surface area contributed by atoms with Gasteiger partial charge < -0.3 is 14.6 Å². The van der Waals surface area contributed by atoms with E-state index in [1.807, 2.05) is 91.0 Å². The van der Waals surface area contributed by atoms with Gasteiger partial charge >= 0.3 is 6.09 Å². The number of aryl methyl sites for hydroxylation is 1. The average Bonchev–Trinajstić information content (AvgIpc) is 2.91. The molecule has 0 fully saturated rings. The van der Waals surface area contributed by atoms with Crippen LogP contribution in [0.4, 0.5) is 10.5 Å². The number of hydrogen-bond acceptors (Lipinski definition) is 4. The van der Waals surface area contributed by atoms with Crippen LogP contribution < -0.4 is 14.4 Å². The molecule has 1 aliphatic rings. The fraction of sp³-hybridized carbons (Fsp3) is 0.172. The van der Waals surface area contributed by atoms with E-state index in [4.69, 9.17) is 9.47 Å². The molecule has 3 aromatic carbocycles. The van der Waals surface area contributed by atoms with Crippen molar-refractivity contribution in [2.45, 2.75) is 26.1 Å². The molecule has 6 heteroatoms. The maximum Gasteiger partial charge on any atom is 0.411 e. The molecule has 0 spiro atoms. The predicted octanol–water partition coefficient (Wildman–Crippen LogP) is 6.34. The van der Waals surface area contributed by atoms with Gasteiger partial charge in [-0.15, -0.1) is 0 Å². The summed E-state index contributed by atoms with van der Waals surface area (Å²) >= 11 is 0. The van der Waals surface area contributed by atoms with E-state index in [0.29, 0.717) is 31.5 Å². The van der Waals surface area contributed by atoms with Gasteiger partial charge in [0.25, 0.3) is 0 Å². The van der Waals surface area contributed by atoms with Gasteiger partial charge in [0.1, 0.15) is 13.2 Å². The summed E-state index contributed by atoms with van der Waals surface area (Å²) in [4.78, 5) is 17.7. The first kappa shape index (κ1) is 22.5. The van der Waals surface area contributed by atoms with Crippen LogP contribution in [0.25, 0.3) is 11.1 Å². The Morgan fingerprint density at radius 2 is 1.54 bits per heavy atom. The lowest BCUT2D eigenvalue weighted by atomic mass is 9.96. The van der Waals surface area contributed by atoms with Crippen molar-refractivity contribution >= 4 is 11.8 Å². The van der Waals surface area contributed by atoms with Crippen LogP contribution in [0.1, 0.15) is 23.1 Å². The highest BCUT2D eigenvalue weighted by atomic mass is 16.5. The Balaban J connectivity index is 1.45. The molecule has 2 heterocycles. The largest absolute Gasteiger partial charge is 0.473 e. The number of amides is 1. The van der Waals surface area contributed by atoms with E-state index in [1.165, 1.54) is 4.90 Å². The Hall–Kier alpha value is -4.32. The molecule has 0 atom stereocenters. The smallest absolute Gasteiger partial charge is 0.411 e. The van der Waals surface area contributed by atoms with Crippen LogP contribution in [0.3, 0.4) is 0 Å². The first-order chi connectivity index (χ1) is 17.2. The van der Waals surface area contributed by atoms with Gasteiger partial charge in [0, 0.05) is 18.2 Å². The fourth-order valence-corrected chi connectivity index (χ4v) is 4.25. The fourth-order valence-electron chi connectivity index (χ4n) is 4.25. The number of hydrogen-bond donors (Lipinski definition) is 1. The summed E-state index contributed by atoms with van der Waals surface area (Å²) in [5.74, 6) is 0.959. The second-order valence-corrected chi connectivity index (χ2v) is 8.43. The van der Waals surface area contributed by atoms with Gasteiger partial charge in [-0.1, -0.05) is 66.7 Å². The van der Waals surface area contributed by atoms with Crippen molar-refractivity contribution in [2.24, 2.45) is 0 Å². The topological polar surface area (TPSA) is 71.9 Å². The summed E-state index contributed by atoms with van der Waals surface area (Å²) in [6.45, 7) is 1.30. The van der Waals surface area contributed by atoms with Crippen molar-refractivity contribution in [1.29, 1.82) is 0 Å². The Labute approximate surface area is 204 Å². The standard InChI is InChI=1S/C29H26N2O4/c32-29(33)31-17-7-12-24-18-23(13-15-26(24)31)25-14-16-27(34-19-21-8-3-1-4-9-21)30-28(25)35-20-22-10-5-2-6-11-22/h1-6,8-11,13-16,18H,7,12,17,19-20H2,(H,32,33). The zero-order valence-corrected chi connectivity index (χ0v) is 19.3. The van der Waals surface area contributed by atoms with Crippen molar-refractivity contribution in [2.75, 3.05) is 11.4 Å². The molecule has 0 saturated heterocycles. The maximum absolute atomic E-state index is 11.6. The summed E-state index contributed by atoms with van der Waals surface area (Å²) in [5.41, 5.74) is 5.62. The molecular formula is C29H26N2O4. The number of anilines is 1. The number of nitrogens with zero attached hydrogens (tertiary/aromatic N) is 2. The third-order valence-electron chi connectivity index (χ3n) is 6.02. The van der Waals surface area contributed by atoms with Crippen molar-refractivity contribution in [1.82, 2.24) is 4.98 Å². The minimum atomic E-state index is -0.924. The van der Waals surface area contributed by atoms with E-state index in [-0.39, 0.29) is 0 Å². The van der Waals surface area contributed by atoms with Crippen LogP contribution in [0.2, 0.25) is 0 Å². The highest BCUT2D eigenvalue weighted by Crippen LogP contribution is 2.36. The predicted molar refractivity (Wildman–Crippen MR) is 135 cm³/mol. The molecule has 0 unspecified atom stereocenters. The van der Waals surface area contributed by atoms with E-state index in [2.05, 4.69) is 4.98 Å². The lowest BCUT2D eigenvalue weighted by molar-refractivity contribution is 0.201. The first-order valence-corrected chi connectivity index (χ1v) is 11.7. The lowest BCUT2D eigenvalue weighted by Crippen LogP contribution is -2.34. The summed E-state index contributed by atoms with van der Waals surface area (Å²) in [6, 6.07) is 29.5. The van der Waals surface area contributed by atoms with E-state index in [0.717, 1.165) is 46.3 Å². The molecule has 4 aromatic rings. The highest BCUT2D eigenvalue weighted by Gasteiger charge is 2.23. The third kappa shape index (κ3) is 5.27. The molecule has 176 valence electrons. The number of pyridine rings is 1. The maximum atomic E-state index is 11.6. The summed E-state index contributed by atoms with van der Waals surface area (Å²) < 4.78 is 12.1. The molecule has 0 aliphatic carbocycles. The minimum Gasteiger partial charge on any atom is -0.473 e. The van der Waals surface area contributed by atoms with Crippen LogP contribution in [0.5, 0.6) is 11.8 Å². The van der Waals surface area contributed by atoms with Crippen LogP contribution in [0, 0.1) is 0 Å². The quantitative estimate of drug-likeness (QED) is 0.344. The number of aromatic nitrogens is 1. The second-order valence-electron chi connectivity index (χ2n) is 8.43. The van der Waals surface area contributed by atoms with E-state index >= 15 is 0 Å². The lowest BCUT2D eigenvalue weighted by Gasteiger charge is -2.27. The zero-order valence-electron chi connectivity index (χ0n) is 19.3. The van der Waals surface area contributed by atoms with Gasteiger partial charge in [-0.3, -0.25) is 4.90 Å². The van der Waals surface area contributed by atoms with Crippen molar-refractivity contribution < 1.29 is 19.4 Å². The van der Waals surface area contributed by atoms with Gasteiger partial charge in [0.2, 0.25) is 11.8 Å². The van der Waals surface area contributed by atoms with E-state index in [9.17, 15) is 9.90 Å². The SMILES string of the molecule is O=C(O)N1CCCc2cc(-c3ccc(OCc4ccccc4)nc3OCc3ccccc3)ccc21. The van der Waals surface area contributed by atoms with E-state index in [1.54, 1.807) is 0 Å². The third-order valence-corrected chi connectivity index (χ3v) is 6.02. The Kier molecular flexibility index (Phi) is 6.61. The highest BCUT2D eigenvalue weighted by molar-refractivity contribution is 5.88. The van der Waals surface area contributed by atoms with Gasteiger partial charge in [-0.2, -0.15) is 4.98 Å². The molecule has 5 rings (SSSR count). The first-order valence-electron chi connectivity index (χ1n) is 11.7. The van der Waals surface area contributed by atoms with Crippen molar-refractivity contribution in [3.8, 4) is 22.9 Å². The molecule has 1 N–H and O–H groups in total. The summed E-state index contributed by atoms with van der Waals surface area (Å²) in [7, 11) is 0. The molecule has 1 aromatic heterocycles. The molecule has 0 saturated carbocycles. The minimum absolute atomic E-state index is 0.376. The molecule has 1 amide bonds.